The lowest BCUT2D eigenvalue weighted by Gasteiger charge is -2.12. The van der Waals surface area contributed by atoms with Gasteiger partial charge < -0.3 is 8.92 Å². The number of nitrogens with zero attached hydrogens (tertiary/aromatic N) is 1. The molecule has 0 amide bonds. The Kier molecular flexibility index (Phi) is 5.34. The number of benzene rings is 2. The number of para-hydroxylation sites is 1. The highest BCUT2D eigenvalue weighted by Crippen LogP contribution is 2.31. The highest BCUT2D eigenvalue weighted by Gasteiger charge is 2.20. The van der Waals surface area contributed by atoms with Crippen LogP contribution in [0.15, 0.2) is 53.4 Å². The Morgan fingerprint density at radius 1 is 1.08 bits per heavy atom. The standard InChI is InChI=1S/C19H18ClNO4S/c1-3-11-24-18-12-15(9-10-16(18)20)26(22,23)25-17-6-4-5-14-8-7-13(2)21-19(14)17/h4-10,12H,3,11H2,1-2H3. The van der Waals surface area contributed by atoms with E-state index in [9.17, 15) is 8.42 Å². The lowest BCUT2D eigenvalue weighted by molar-refractivity contribution is 0.316. The minimum absolute atomic E-state index is 0.0299. The SMILES string of the molecule is CCCOc1cc(S(=O)(=O)Oc2cccc3ccc(C)nc23)ccc1Cl. The maximum absolute atomic E-state index is 12.7. The van der Waals surface area contributed by atoms with Crippen LogP contribution in [0.25, 0.3) is 10.9 Å². The summed E-state index contributed by atoms with van der Waals surface area (Å²) in [6.45, 7) is 4.23. The first-order valence-electron chi connectivity index (χ1n) is 8.14. The van der Waals surface area contributed by atoms with Crippen molar-refractivity contribution in [2.24, 2.45) is 0 Å². The predicted molar refractivity (Wildman–Crippen MR) is 102 cm³/mol. The molecule has 3 aromatic rings. The molecule has 0 unspecified atom stereocenters. The van der Waals surface area contributed by atoms with Crippen LogP contribution in [0, 0.1) is 6.92 Å². The molecule has 0 N–H and O–H groups in total. The summed E-state index contributed by atoms with van der Waals surface area (Å²) in [6.07, 6.45) is 0.783. The number of aromatic nitrogens is 1. The molecule has 26 heavy (non-hydrogen) atoms. The molecule has 3 rings (SSSR count). The molecular formula is C19H18ClNO4S. The van der Waals surface area contributed by atoms with Gasteiger partial charge in [0.1, 0.15) is 16.2 Å². The lowest BCUT2D eigenvalue weighted by Crippen LogP contribution is -2.11. The zero-order chi connectivity index (χ0) is 18.7. The molecule has 0 aliphatic heterocycles. The number of rotatable bonds is 6. The van der Waals surface area contributed by atoms with Crippen molar-refractivity contribution in [2.75, 3.05) is 6.61 Å². The smallest absolute Gasteiger partial charge is 0.339 e. The maximum Gasteiger partial charge on any atom is 0.339 e. The second-order valence-corrected chi connectivity index (χ2v) is 7.71. The van der Waals surface area contributed by atoms with E-state index in [0.29, 0.717) is 22.9 Å². The van der Waals surface area contributed by atoms with Crippen LogP contribution in [0.1, 0.15) is 19.0 Å². The largest absolute Gasteiger partial charge is 0.492 e. The molecule has 2 aromatic carbocycles. The molecule has 0 saturated carbocycles. The first-order chi connectivity index (χ1) is 12.4. The highest BCUT2D eigenvalue weighted by atomic mass is 35.5. The third kappa shape index (κ3) is 3.92. The third-order valence-corrected chi connectivity index (χ3v) is 5.22. The highest BCUT2D eigenvalue weighted by molar-refractivity contribution is 7.87. The molecule has 0 saturated heterocycles. The van der Waals surface area contributed by atoms with Crippen molar-refractivity contribution in [1.29, 1.82) is 0 Å². The molecule has 0 fully saturated rings. The van der Waals surface area contributed by atoms with Gasteiger partial charge in [0.05, 0.1) is 11.6 Å². The number of hydrogen-bond donors (Lipinski definition) is 0. The molecule has 0 aliphatic rings. The summed E-state index contributed by atoms with van der Waals surface area (Å²) in [5, 5.41) is 1.14. The Morgan fingerprint density at radius 2 is 1.88 bits per heavy atom. The van der Waals surface area contributed by atoms with Gasteiger partial charge in [0.25, 0.3) is 0 Å². The Hall–Kier alpha value is -2.31. The Labute approximate surface area is 157 Å². The zero-order valence-electron chi connectivity index (χ0n) is 14.4. The topological polar surface area (TPSA) is 65.5 Å². The van der Waals surface area contributed by atoms with Crippen molar-refractivity contribution < 1.29 is 17.3 Å². The second kappa shape index (κ2) is 7.51. The molecule has 0 spiro atoms. The van der Waals surface area contributed by atoms with Crippen LogP contribution >= 0.6 is 11.6 Å². The van der Waals surface area contributed by atoms with E-state index in [0.717, 1.165) is 17.5 Å². The fourth-order valence-corrected chi connectivity index (χ4v) is 3.54. The summed E-state index contributed by atoms with van der Waals surface area (Å²) in [5.41, 5.74) is 1.26. The van der Waals surface area contributed by atoms with Crippen LogP contribution in [0.4, 0.5) is 0 Å². The van der Waals surface area contributed by atoms with Gasteiger partial charge >= 0.3 is 10.1 Å². The molecule has 0 atom stereocenters. The minimum atomic E-state index is -4.06. The fourth-order valence-electron chi connectivity index (χ4n) is 2.41. The van der Waals surface area contributed by atoms with Crippen LogP contribution < -0.4 is 8.92 Å². The van der Waals surface area contributed by atoms with Gasteiger partial charge in [0, 0.05) is 17.1 Å². The molecule has 136 valence electrons. The van der Waals surface area contributed by atoms with E-state index in [1.165, 1.54) is 18.2 Å². The molecule has 7 heteroatoms. The number of hydrogen-bond acceptors (Lipinski definition) is 5. The van der Waals surface area contributed by atoms with Gasteiger partial charge in [-0.2, -0.15) is 8.42 Å². The van der Waals surface area contributed by atoms with Crippen LogP contribution in [0.3, 0.4) is 0 Å². The van der Waals surface area contributed by atoms with E-state index in [4.69, 9.17) is 20.5 Å². The van der Waals surface area contributed by atoms with E-state index < -0.39 is 10.1 Å². The van der Waals surface area contributed by atoms with E-state index in [1.807, 2.05) is 32.0 Å². The Balaban J connectivity index is 1.98. The lowest BCUT2D eigenvalue weighted by atomic mass is 10.2. The van der Waals surface area contributed by atoms with E-state index >= 15 is 0 Å². The Morgan fingerprint density at radius 3 is 2.65 bits per heavy atom. The van der Waals surface area contributed by atoms with Crippen molar-refractivity contribution in [1.82, 2.24) is 4.98 Å². The number of ether oxygens (including phenoxy) is 1. The second-order valence-electron chi connectivity index (χ2n) is 5.76. The summed E-state index contributed by atoms with van der Waals surface area (Å²) < 4.78 is 36.3. The van der Waals surface area contributed by atoms with Gasteiger partial charge in [-0.1, -0.05) is 36.7 Å². The van der Waals surface area contributed by atoms with Crippen molar-refractivity contribution in [3.8, 4) is 11.5 Å². The summed E-state index contributed by atoms with van der Waals surface area (Å²) in [6, 6.07) is 13.1. The fraction of sp³-hybridized carbons (Fsp3) is 0.211. The Bertz CT molecular complexity index is 1050. The summed E-state index contributed by atoms with van der Waals surface area (Å²) in [5.74, 6) is 0.488. The monoisotopic (exact) mass is 391 g/mol. The molecular weight excluding hydrogens is 374 g/mol. The number of halogens is 1. The van der Waals surface area contributed by atoms with Crippen LogP contribution in [0.2, 0.25) is 5.02 Å². The van der Waals surface area contributed by atoms with Crippen molar-refractivity contribution in [3.63, 3.8) is 0 Å². The first kappa shape index (κ1) is 18.5. The average Bonchev–Trinajstić information content (AvgIpc) is 2.61. The molecule has 1 aromatic heterocycles. The maximum atomic E-state index is 12.7. The third-order valence-electron chi connectivity index (χ3n) is 3.67. The van der Waals surface area contributed by atoms with Gasteiger partial charge in [-0.25, -0.2) is 4.98 Å². The van der Waals surface area contributed by atoms with Crippen molar-refractivity contribution >= 4 is 32.6 Å². The van der Waals surface area contributed by atoms with Crippen molar-refractivity contribution in [3.05, 3.63) is 59.2 Å². The zero-order valence-corrected chi connectivity index (χ0v) is 16.0. The first-order valence-corrected chi connectivity index (χ1v) is 9.92. The van der Waals surface area contributed by atoms with E-state index in [-0.39, 0.29) is 10.6 Å². The molecule has 0 aliphatic carbocycles. The van der Waals surface area contributed by atoms with Gasteiger partial charge in [-0.15, -0.1) is 0 Å². The number of aryl methyl sites for hydroxylation is 1. The summed E-state index contributed by atoms with van der Waals surface area (Å²) >= 11 is 6.07. The van der Waals surface area contributed by atoms with Crippen LogP contribution in [-0.4, -0.2) is 20.0 Å². The number of fused-ring (bicyclic) bond motifs is 1. The minimum Gasteiger partial charge on any atom is -0.492 e. The summed E-state index contributed by atoms with van der Waals surface area (Å²) in [7, 11) is -4.06. The van der Waals surface area contributed by atoms with Gasteiger partial charge in [0.15, 0.2) is 5.75 Å². The molecule has 5 nitrogen and oxygen atoms in total. The van der Waals surface area contributed by atoms with Crippen molar-refractivity contribution in [2.45, 2.75) is 25.2 Å². The van der Waals surface area contributed by atoms with E-state index in [2.05, 4.69) is 4.98 Å². The quantitative estimate of drug-likeness (QED) is 0.567. The molecule has 1 heterocycles. The molecule has 0 bridgehead atoms. The predicted octanol–water partition coefficient (Wildman–Crippen LogP) is 4.75. The van der Waals surface area contributed by atoms with Gasteiger partial charge in [-0.05, 0) is 37.6 Å². The number of pyridine rings is 1. The summed E-state index contributed by atoms with van der Waals surface area (Å²) in [4.78, 5) is 4.36. The van der Waals surface area contributed by atoms with Crippen LogP contribution in [0.5, 0.6) is 11.5 Å². The van der Waals surface area contributed by atoms with Crippen LogP contribution in [-0.2, 0) is 10.1 Å². The normalized spacial score (nSPS) is 11.5. The van der Waals surface area contributed by atoms with E-state index in [1.54, 1.807) is 12.1 Å². The molecule has 0 radical (unpaired) electrons. The van der Waals surface area contributed by atoms with Gasteiger partial charge in [-0.3, -0.25) is 0 Å². The van der Waals surface area contributed by atoms with Gasteiger partial charge in [0.2, 0.25) is 0 Å². The average molecular weight is 392 g/mol.